The van der Waals surface area contributed by atoms with E-state index in [1.807, 2.05) is 0 Å². The summed E-state index contributed by atoms with van der Waals surface area (Å²) in [6, 6.07) is 3.16. The van der Waals surface area contributed by atoms with Crippen molar-refractivity contribution in [2.24, 2.45) is 5.10 Å². The van der Waals surface area contributed by atoms with Crippen LogP contribution in [0.1, 0.15) is 20.8 Å². The van der Waals surface area contributed by atoms with Gasteiger partial charge in [-0.05, 0) is 12.1 Å². The van der Waals surface area contributed by atoms with Gasteiger partial charge in [0.2, 0.25) is 0 Å². The molecular formula is C10H14ClN4O2-. The number of hydrogen-bond donors (Lipinski definition) is 0. The quantitative estimate of drug-likeness (QED) is 0.449. The highest BCUT2D eigenvalue weighted by Gasteiger charge is 2.06. The fraction of sp³-hybridized carbons (Fsp3) is 0.500. The van der Waals surface area contributed by atoms with Crippen LogP contribution < -0.4 is 10.1 Å². The Bertz CT molecular complexity index is 400. The van der Waals surface area contributed by atoms with Crippen LogP contribution in [0.15, 0.2) is 17.2 Å². The van der Waals surface area contributed by atoms with Gasteiger partial charge >= 0.3 is 0 Å². The largest absolute Gasteiger partial charge is 0.593 e. The van der Waals surface area contributed by atoms with E-state index in [2.05, 4.69) is 15.3 Å². The Morgan fingerprint density at radius 1 is 1.41 bits per heavy atom. The number of hydrogen-bond acceptors (Lipinski definition) is 6. The van der Waals surface area contributed by atoms with Crippen molar-refractivity contribution in [3.05, 3.63) is 17.3 Å². The molecule has 0 saturated carbocycles. The van der Waals surface area contributed by atoms with Gasteiger partial charge in [-0.25, -0.2) is 5.01 Å². The third kappa shape index (κ3) is 4.86. The molecule has 0 fully saturated rings. The lowest BCUT2D eigenvalue weighted by Crippen LogP contribution is -2.34. The van der Waals surface area contributed by atoms with Crippen molar-refractivity contribution in [2.45, 2.75) is 26.4 Å². The summed E-state index contributed by atoms with van der Waals surface area (Å²) in [4.78, 5) is 0. The van der Waals surface area contributed by atoms with Crippen LogP contribution >= 0.6 is 11.6 Å². The van der Waals surface area contributed by atoms with Crippen molar-refractivity contribution in [3.8, 4) is 0 Å². The molecule has 1 aromatic heterocycles. The van der Waals surface area contributed by atoms with Gasteiger partial charge in [-0.15, -0.1) is 10.2 Å². The van der Waals surface area contributed by atoms with E-state index in [9.17, 15) is 5.11 Å². The molecule has 17 heavy (non-hydrogen) atoms. The Hall–Kier alpha value is -1.56. The third-order valence-electron chi connectivity index (χ3n) is 1.57. The molecule has 6 nitrogen and oxygen atoms in total. The van der Waals surface area contributed by atoms with Crippen LogP contribution in [0.3, 0.4) is 0 Å². The molecule has 0 aliphatic carbocycles. The Labute approximate surface area is 105 Å². The normalized spacial score (nSPS) is 12.4. The first-order chi connectivity index (χ1) is 7.78. The number of aromatic nitrogens is 2. The maximum absolute atomic E-state index is 11.4. The molecule has 1 aromatic rings. The van der Waals surface area contributed by atoms with Gasteiger partial charge in [0.1, 0.15) is 0 Å². The van der Waals surface area contributed by atoms with E-state index in [-0.39, 0.29) is 5.15 Å². The van der Waals surface area contributed by atoms with Crippen molar-refractivity contribution in [3.63, 3.8) is 0 Å². The Morgan fingerprint density at radius 2 is 2.06 bits per heavy atom. The summed E-state index contributed by atoms with van der Waals surface area (Å²) in [7, 11) is 1.57. The minimum Gasteiger partial charge on any atom is -0.593 e. The van der Waals surface area contributed by atoms with Gasteiger partial charge in [0.25, 0.3) is 0 Å². The minimum absolute atomic E-state index is 0.277. The van der Waals surface area contributed by atoms with E-state index in [1.165, 1.54) is 5.01 Å². The lowest BCUT2D eigenvalue weighted by atomic mass is 10.2. The molecule has 0 atom stereocenters. The number of ether oxygens (including phenoxy) is 1. The van der Waals surface area contributed by atoms with Crippen LogP contribution in [0, 0.1) is 0 Å². The predicted octanol–water partition coefficient (Wildman–Crippen LogP) is 1.01. The molecule has 0 aromatic carbocycles. The van der Waals surface area contributed by atoms with Crippen LogP contribution in [-0.4, -0.2) is 28.9 Å². The van der Waals surface area contributed by atoms with Gasteiger partial charge in [0, 0.05) is 12.6 Å². The molecule has 94 valence electrons. The minimum atomic E-state index is -0.684. The molecule has 0 N–H and O–H groups in total. The summed E-state index contributed by atoms with van der Waals surface area (Å²) in [6.07, 6.45) is -0.684. The maximum atomic E-state index is 11.4. The first-order valence-electron chi connectivity index (χ1n) is 4.95. The Balaban J connectivity index is 2.74. The zero-order valence-electron chi connectivity index (χ0n) is 10.1. The highest BCUT2D eigenvalue weighted by atomic mass is 35.5. The van der Waals surface area contributed by atoms with E-state index in [0.717, 1.165) is 0 Å². The van der Waals surface area contributed by atoms with E-state index in [0.29, 0.717) is 5.82 Å². The van der Waals surface area contributed by atoms with E-state index < -0.39 is 11.7 Å². The molecule has 0 spiro atoms. The monoisotopic (exact) mass is 257 g/mol. The first-order valence-corrected chi connectivity index (χ1v) is 5.33. The number of rotatable bonds is 2. The highest BCUT2D eigenvalue weighted by Crippen LogP contribution is 2.11. The zero-order valence-corrected chi connectivity index (χ0v) is 10.9. The van der Waals surface area contributed by atoms with E-state index >= 15 is 0 Å². The maximum Gasteiger partial charge on any atom is 0.172 e. The van der Waals surface area contributed by atoms with Crippen molar-refractivity contribution in [2.75, 3.05) is 12.1 Å². The molecule has 0 amide bonds. The molecule has 7 heteroatoms. The summed E-state index contributed by atoms with van der Waals surface area (Å²) in [5.74, 6) is 0.403. The first kappa shape index (κ1) is 13.5. The zero-order chi connectivity index (χ0) is 13.1. The van der Waals surface area contributed by atoms with Gasteiger partial charge in [-0.2, -0.15) is 5.10 Å². The molecule has 0 bridgehead atoms. The van der Waals surface area contributed by atoms with Crippen LogP contribution in [0.5, 0.6) is 0 Å². The third-order valence-corrected chi connectivity index (χ3v) is 1.78. The van der Waals surface area contributed by atoms with Crippen LogP contribution in [0.25, 0.3) is 0 Å². The van der Waals surface area contributed by atoms with Crippen molar-refractivity contribution < 1.29 is 9.84 Å². The van der Waals surface area contributed by atoms with Crippen molar-refractivity contribution in [1.82, 2.24) is 10.2 Å². The summed E-state index contributed by atoms with van der Waals surface area (Å²) < 4.78 is 5.03. The molecule has 0 unspecified atom stereocenters. The topological polar surface area (TPSA) is 73.7 Å². The second-order valence-corrected chi connectivity index (χ2v) is 4.71. The number of hydrazone groups is 1. The van der Waals surface area contributed by atoms with Gasteiger partial charge in [-0.1, -0.05) is 32.4 Å². The fourth-order valence-electron chi connectivity index (χ4n) is 0.938. The molecule has 0 aliphatic heterocycles. The molecule has 0 aliphatic rings. The number of anilines is 1. The summed E-state index contributed by atoms with van der Waals surface area (Å²) in [6.45, 7) is 5.30. The van der Waals surface area contributed by atoms with Gasteiger partial charge < -0.3 is 9.84 Å². The summed E-state index contributed by atoms with van der Waals surface area (Å²) in [5, 5.41) is 24.1. The van der Waals surface area contributed by atoms with Gasteiger partial charge in [-0.3, -0.25) is 0 Å². The molecular weight excluding hydrogens is 244 g/mol. The number of nitrogens with zero attached hydrogens (tertiary/aromatic N) is 4. The second kappa shape index (κ2) is 5.18. The Kier molecular flexibility index (Phi) is 4.11. The van der Waals surface area contributed by atoms with Crippen molar-refractivity contribution in [1.29, 1.82) is 0 Å². The van der Waals surface area contributed by atoms with Crippen LogP contribution in [0.2, 0.25) is 5.15 Å². The highest BCUT2D eigenvalue weighted by molar-refractivity contribution is 6.29. The Morgan fingerprint density at radius 3 is 2.53 bits per heavy atom. The second-order valence-electron chi connectivity index (χ2n) is 4.32. The molecule has 0 radical (unpaired) electrons. The molecule has 0 saturated heterocycles. The average molecular weight is 258 g/mol. The van der Waals surface area contributed by atoms with Crippen LogP contribution in [-0.2, 0) is 4.74 Å². The summed E-state index contributed by atoms with van der Waals surface area (Å²) >= 11 is 5.59. The lowest BCUT2D eigenvalue weighted by molar-refractivity contribution is -0.260. The smallest absolute Gasteiger partial charge is 0.172 e. The standard InChI is InChI=1S/C10H15ClN4O2/c1-10(2,3)17-9(16)14-15(4)8-6-5-7(11)12-13-8/h5-6H,1-4H3,(H,14,16)/p-1. The summed E-state index contributed by atoms with van der Waals surface area (Å²) in [5.41, 5.74) is -0.576. The lowest BCUT2D eigenvalue weighted by Gasteiger charge is -2.30. The molecule has 1 heterocycles. The average Bonchev–Trinajstić information content (AvgIpc) is 2.15. The van der Waals surface area contributed by atoms with Gasteiger partial charge in [0.05, 0.1) is 0 Å². The van der Waals surface area contributed by atoms with Crippen molar-refractivity contribution >= 4 is 23.5 Å². The fourth-order valence-corrected chi connectivity index (χ4v) is 1.04. The number of halogens is 1. The SMILES string of the molecule is CN(N=C([O-])OC(C)(C)C)c1ccc(Cl)nn1. The molecule has 1 rings (SSSR count). The van der Waals surface area contributed by atoms with E-state index in [4.69, 9.17) is 16.3 Å². The predicted molar refractivity (Wildman–Crippen MR) is 63.7 cm³/mol. The van der Waals surface area contributed by atoms with E-state index in [1.54, 1.807) is 40.0 Å². The van der Waals surface area contributed by atoms with Crippen LogP contribution in [0.4, 0.5) is 5.82 Å². The van der Waals surface area contributed by atoms with Gasteiger partial charge in [0.15, 0.2) is 17.1 Å².